The summed E-state index contributed by atoms with van der Waals surface area (Å²) in [6, 6.07) is 5.13. The van der Waals surface area contributed by atoms with E-state index in [4.69, 9.17) is 9.47 Å². The number of carbonyl (C=O) groups excluding carboxylic acids is 1. The standard InChI is InChI=1S/C21H27N5O4/c1-13-23-19-15(12-22-26(19)21(2,3)4)20(28)25(13)10-9-18(27)24-16-8-7-14(29-5)11-17(16)30-6/h7-8,11-12H,9-10H2,1-6H3,(H,24,27). The molecule has 9 heteroatoms. The lowest BCUT2D eigenvalue weighted by molar-refractivity contribution is -0.116. The van der Waals surface area contributed by atoms with E-state index in [-0.39, 0.29) is 30.0 Å². The molecule has 0 fully saturated rings. The third-order valence-corrected chi connectivity index (χ3v) is 4.76. The number of rotatable bonds is 6. The molecule has 0 atom stereocenters. The molecule has 0 radical (unpaired) electrons. The Labute approximate surface area is 174 Å². The van der Waals surface area contributed by atoms with Crippen molar-refractivity contribution in [3.63, 3.8) is 0 Å². The minimum absolute atomic E-state index is 0.108. The molecule has 2 heterocycles. The van der Waals surface area contributed by atoms with Gasteiger partial charge in [0, 0.05) is 19.0 Å². The van der Waals surface area contributed by atoms with Gasteiger partial charge in [-0.25, -0.2) is 9.67 Å². The number of aryl methyl sites for hydroxylation is 1. The maximum Gasteiger partial charge on any atom is 0.264 e. The van der Waals surface area contributed by atoms with Crippen LogP contribution in [0.4, 0.5) is 5.69 Å². The van der Waals surface area contributed by atoms with Gasteiger partial charge in [0.1, 0.15) is 22.7 Å². The number of aromatic nitrogens is 4. The number of nitrogens with one attached hydrogen (secondary N) is 1. The molecule has 0 saturated heterocycles. The van der Waals surface area contributed by atoms with Crippen molar-refractivity contribution < 1.29 is 14.3 Å². The van der Waals surface area contributed by atoms with Crippen molar-refractivity contribution in [3.8, 4) is 11.5 Å². The molecule has 3 rings (SSSR count). The normalized spacial score (nSPS) is 11.5. The van der Waals surface area contributed by atoms with E-state index in [9.17, 15) is 9.59 Å². The van der Waals surface area contributed by atoms with Crippen LogP contribution in [0.3, 0.4) is 0 Å². The quantitative estimate of drug-likeness (QED) is 0.667. The average Bonchev–Trinajstić information content (AvgIpc) is 3.12. The van der Waals surface area contributed by atoms with Gasteiger partial charge in [0.25, 0.3) is 5.56 Å². The van der Waals surface area contributed by atoms with Crippen molar-refractivity contribution in [2.75, 3.05) is 19.5 Å². The lowest BCUT2D eigenvalue weighted by Gasteiger charge is -2.20. The maximum atomic E-state index is 12.9. The van der Waals surface area contributed by atoms with E-state index in [1.54, 1.807) is 36.9 Å². The molecule has 9 nitrogen and oxygen atoms in total. The van der Waals surface area contributed by atoms with Gasteiger partial charge in [-0.1, -0.05) is 0 Å². The monoisotopic (exact) mass is 413 g/mol. The number of ether oxygens (including phenoxy) is 2. The van der Waals surface area contributed by atoms with Crippen molar-refractivity contribution in [1.29, 1.82) is 0 Å². The third kappa shape index (κ3) is 4.14. The van der Waals surface area contributed by atoms with Crippen LogP contribution in [0, 0.1) is 6.92 Å². The Bertz CT molecular complexity index is 1140. The number of hydrogen-bond donors (Lipinski definition) is 1. The van der Waals surface area contributed by atoms with Gasteiger partial charge < -0.3 is 14.8 Å². The zero-order valence-electron chi connectivity index (χ0n) is 18.1. The van der Waals surface area contributed by atoms with Crippen molar-refractivity contribution in [2.24, 2.45) is 0 Å². The van der Waals surface area contributed by atoms with Crippen LogP contribution in [-0.4, -0.2) is 39.5 Å². The highest BCUT2D eigenvalue weighted by molar-refractivity contribution is 5.92. The van der Waals surface area contributed by atoms with Crippen molar-refractivity contribution in [3.05, 3.63) is 40.6 Å². The number of methoxy groups -OCH3 is 2. The van der Waals surface area contributed by atoms with Gasteiger partial charge in [0.2, 0.25) is 5.91 Å². The zero-order valence-corrected chi connectivity index (χ0v) is 18.1. The molecule has 0 aliphatic heterocycles. The number of carbonyl (C=O) groups is 1. The van der Waals surface area contributed by atoms with Gasteiger partial charge in [-0.2, -0.15) is 5.10 Å². The molecule has 1 amide bonds. The van der Waals surface area contributed by atoms with Crippen LogP contribution in [0.25, 0.3) is 11.0 Å². The van der Waals surface area contributed by atoms with E-state index in [1.807, 2.05) is 20.8 Å². The molecule has 160 valence electrons. The second-order valence-corrected chi connectivity index (χ2v) is 7.94. The summed E-state index contributed by atoms with van der Waals surface area (Å²) in [7, 11) is 3.08. The first-order chi connectivity index (χ1) is 14.2. The molecule has 30 heavy (non-hydrogen) atoms. The Balaban J connectivity index is 1.79. The van der Waals surface area contributed by atoms with Gasteiger partial charge in [-0.15, -0.1) is 0 Å². The SMILES string of the molecule is COc1ccc(NC(=O)CCn2c(C)nc3c(cnn3C(C)(C)C)c2=O)c(OC)c1. The second-order valence-electron chi connectivity index (χ2n) is 7.94. The van der Waals surface area contributed by atoms with Crippen LogP contribution in [-0.2, 0) is 16.9 Å². The fourth-order valence-corrected chi connectivity index (χ4v) is 3.19. The molecule has 1 N–H and O–H groups in total. The predicted octanol–water partition coefficient (Wildman–Crippen LogP) is 2.70. The molecular formula is C21H27N5O4. The summed E-state index contributed by atoms with van der Waals surface area (Å²) in [5.41, 5.74) is 0.584. The van der Waals surface area contributed by atoms with Gasteiger partial charge in [0.15, 0.2) is 5.65 Å². The summed E-state index contributed by atoms with van der Waals surface area (Å²) in [6.45, 7) is 7.96. The fraction of sp³-hybridized carbons (Fsp3) is 0.429. The van der Waals surface area contributed by atoms with E-state index >= 15 is 0 Å². The largest absolute Gasteiger partial charge is 0.497 e. The van der Waals surface area contributed by atoms with Gasteiger partial charge >= 0.3 is 0 Å². The lowest BCUT2D eigenvalue weighted by Crippen LogP contribution is -2.28. The summed E-state index contributed by atoms with van der Waals surface area (Å²) in [6.07, 6.45) is 1.64. The third-order valence-electron chi connectivity index (χ3n) is 4.76. The number of amides is 1. The number of benzene rings is 1. The summed E-state index contributed by atoms with van der Waals surface area (Å²) in [4.78, 5) is 30.0. The second kappa shape index (κ2) is 8.17. The van der Waals surface area contributed by atoms with Crippen LogP contribution in [0.2, 0.25) is 0 Å². The number of fused-ring (bicyclic) bond motifs is 1. The average molecular weight is 413 g/mol. The minimum Gasteiger partial charge on any atom is -0.497 e. The first-order valence-corrected chi connectivity index (χ1v) is 9.63. The highest BCUT2D eigenvalue weighted by Gasteiger charge is 2.21. The summed E-state index contributed by atoms with van der Waals surface area (Å²) in [5.74, 6) is 1.42. The van der Waals surface area contributed by atoms with E-state index in [0.717, 1.165) is 0 Å². The van der Waals surface area contributed by atoms with E-state index < -0.39 is 0 Å². The summed E-state index contributed by atoms with van der Waals surface area (Å²) < 4.78 is 13.7. The summed E-state index contributed by atoms with van der Waals surface area (Å²) in [5, 5.41) is 7.58. The highest BCUT2D eigenvalue weighted by Crippen LogP contribution is 2.29. The first-order valence-electron chi connectivity index (χ1n) is 9.63. The molecule has 2 aromatic heterocycles. The Morgan fingerprint density at radius 3 is 2.57 bits per heavy atom. The molecule has 1 aromatic carbocycles. The molecule has 0 spiro atoms. The summed E-state index contributed by atoms with van der Waals surface area (Å²) >= 11 is 0. The Kier molecular flexibility index (Phi) is 5.82. The van der Waals surface area contributed by atoms with Crippen LogP contribution >= 0.6 is 0 Å². The topological polar surface area (TPSA) is 100 Å². The Morgan fingerprint density at radius 1 is 1.20 bits per heavy atom. The predicted molar refractivity (Wildman–Crippen MR) is 114 cm³/mol. The Hall–Kier alpha value is -3.36. The number of anilines is 1. The molecule has 0 aliphatic carbocycles. The number of hydrogen-bond acceptors (Lipinski definition) is 6. The van der Waals surface area contributed by atoms with E-state index in [1.165, 1.54) is 17.9 Å². The van der Waals surface area contributed by atoms with E-state index in [2.05, 4.69) is 15.4 Å². The molecular weight excluding hydrogens is 386 g/mol. The van der Waals surface area contributed by atoms with Crippen LogP contribution in [0.1, 0.15) is 33.0 Å². The minimum atomic E-state index is -0.295. The fourth-order valence-electron chi connectivity index (χ4n) is 3.19. The molecule has 0 bridgehead atoms. The maximum absolute atomic E-state index is 12.9. The number of nitrogens with zero attached hydrogens (tertiary/aromatic N) is 4. The Morgan fingerprint density at radius 2 is 1.93 bits per heavy atom. The molecule has 3 aromatic rings. The van der Waals surface area contributed by atoms with Crippen LogP contribution in [0.15, 0.2) is 29.2 Å². The highest BCUT2D eigenvalue weighted by atomic mass is 16.5. The van der Waals surface area contributed by atoms with Gasteiger partial charge in [0.05, 0.1) is 31.6 Å². The zero-order chi connectivity index (χ0) is 22.1. The van der Waals surface area contributed by atoms with Crippen molar-refractivity contribution in [1.82, 2.24) is 19.3 Å². The van der Waals surface area contributed by atoms with Crippen molar-refractivity contribution in [2.45, 2.75) is 46.2 Å². The van der Waals surface area contributed by atoms with E-state index in [0.29, 0.717) is 34.0 Å². The van der Waals surface area contributed by atoms with Crippen LogP contribution in [0.5, 0.6) is 11.5 Å². The molecule has 0 aliphatic rings. The lowest BCUT2D eigenvalue weighted by atomic mass is 10.1. The van der Waals surface area contributed by atoms with Crippen molar-refractivity contribution >= 4 is 22.6 Å². The van der Waals surface area contributed by atoms with Gasteiger partial charge in [-0.3, -0.25) is 14.2 Å². The first kappa shape index (κ1) is 21.4. The van der Waals surface area contributed by atoms with Gasteiger partial charge in [-0.05, 0) is 39.8 Å². The molecule has 0 unspecified atom stereocenters. The molecule has 0 saturated carbocycles. The van der Waals surface area contributed by atoms with Crippen LogP contribution < -0.4 is 20.3 Å². The smallest absolute Gasteiger partial charge is 0.264 e.